The first-order valence-electron chi connectivity index (χ1n) is 10.5. The first kappa shape index (κ1) is 23.5. The first-order valence-corrected chi connectivity index (χ1v) is 12.3. The summed E-state index contributed by atoms with van der Waals surface area (Å²) in [6.07, 6.45) is 0.671. The normalized spacial score (nSPS) is 11.4. The molecule has 1 aromatic heterocycles. The maximum Gasteiger partial charge on any atom is 0.276 e. The Balaban J connectivity index is 1.66. The molecular weight excluding hydrogens is 476 g/mol. The maximum absolute atomic E-state index is 13.1. The second kappa shape index (κ2) is 9.66. The maximum atomic E-state index is 13.1. The van der Waals surface area contributed by atoms with Crippen LogP contribution in [-0.4, -0.2) is 24.1 Å². The average Bonchev–Trinajstić information content (AvgIpc) is 2.82. The van der Waals surface area contributed by atoms with E-state index in [0.717, 1.165) is 0 Å². The Morgan fingerprint density at radius 1 is 1.00 bits per heavy atom. The zero-order chi connectivity index (χ0) is 24.3. The van der Waals surface area contributed by atoms with Gasteiger partial charge in [-0.2, -0.15) is 5.10 Å². The van der Waals surface area contributed by atoms with Gasteiger partial charge < -0.3 is 5.32 Å². The number of para-hydroxylation sites is 1. The Kier molecular flexibility index (Phi) is 6.67. The molecule has 0 atom stereocenters. The smallest absolute Gasteiger partial charge is 0.276 e. The summed E-state index contributed by atoms with van der Waals surface area (Å²) in [7, 11) is -3.96. The molecule has 3 aromatic carbocycles. The molecule has 0 saturated heterocycles. The molecule has 0 spiro atoms. The molecule has 2 N–H and O–H groups in total. The molecule has 174 valence electrons. The van der Waals surface area contributed by atoms with Crippen LogP contribution in [0.25, 0.3) is 10.8 Å². The highest BCUT2D eigenvalue weighted by Crippen LogP contribution is 2.25. The molecule has 1 amide bonds. The highest BCUT2D eigenvalue weighted by molar-refractivity contribution is 7.92. The van der Waals surface area contributed by atoms with E-state index >= 15 is 0 Å². The molecule has 1 heterocycles. The predicted octanol–water partition coefficient (Wildman–Crippen LogP) is 4.51. The number of hydrogen-bond donors (Lipinski definition) is 2. The second-order valence-electron chi connectivity index (χ2n) is 7.49. The number of nitrogens with zero attached hydrogens (tertiary/aromatic N) is 2. The number of amides is 1. The third kappa shape index (κ3) is 4.80. The van der Waals surface area contributed by atoms with Crippen molar-refractivity contribution in [3.05, 3.63) is 93.9 Å². The number of halogens is 1. The van der Waals surface area contributed by atoms with Crippen LogP contribution in [0.3, 0.4) is 0 Å². The van der Waals surface area contributed by atoms with Gasteiger partial charge in [-0.05, 0) is 42.8 Å². The number of aryl methyl sites for hydroxylation is 1. The Bertz CT molecular complexity index is 1550. The van der Waals surface area contributed by atoms with Gasteiger partial charge in [-0.15, -0.1) is 0 Å². The second-order valence-corrected chi connectivity index (χ2v) is 9.58. The zero-order valence-corrected chi connectivity index (χ0v) is 19.7. The summed E-state index contributed by atoms with van der Waals surface area (Å²) >= 11 is 6.06. The van der Waals surface area contributed by atoms with Crippen LogP contribution in [0.1, 0.15) is 23.8 Å². The van der Waals surface area contributed by atoms with E-state index in [2.05, 4.69) is 15.1 Å². The van der Waals surface area contributed by atoms with Gasteiger partial charge in [0, 0.05) is 17.6 Å². The Morgan fingerprint density at radius 2 is 1.71 bits per heavy atom. The minimum Gasteiger partial charge on any atom is -0.321 e. The van der Waals surface area contributed by atoms with Crippen molar-refractivity contribution in [2.45, 2.75) is 24.8 Å². The number of benzene rings is 3. The quantitative estimate of drug-likeness (QED) is 0.391. The lowest BCUT2D eigenvalue weighted by atomic mass is 10.1. The molecule has 10 heteroatoms. The summed E-state index contributed by atoms with van der Waals surface area (Å²) in [6.45, 7) is 2.27. The number of aromatic nitrogens is 2. The lowest BCUT2D eigenvalue weighted by Crippen LogP contribution is -2.27. The molecule has 0 saturated carbocycles. The molecule has 4 aromatic rings. The van der Waals surface area contributed by atoms with Crippen LogP contribution in [-0.2, 0) is 16.6 Å². The van der Waals surface area contributed by atoms with Gasteiger partial charge in [0.15, 0.2) is 5.69 Å². The summed E-state index contributed by atoms with van der Waals surface area (Å²) in [5.74, 6) is -0.560. The first-order chi connectivity index (χ1) is 16.3. The monoisotopic (exact) mass is 496 g/mol. The molecule has 0 bridgehead atoms. The summed E-state index contributed by atoms with van der Waals surface area (Å²) in [4.78, 5) is 25.7. The predicted molar refractivity (Wildman–Crippen MR) is 133 cm³/mol. The topological polar surface area (TPSA) is 110 Å². The molecule has 0 aliphatic carbocycles. The number of rotatable bonds is 7. The standard InChI is InChI=1S/C24H21ClN4O4S/c1-2-14-29-24(31)19-11-4-3-10-18(19)22(27-29)23(30)26-16-8-7-9-17(15-16)34(32,33)28-21-13-6-5-12-20(21)25/h3-13,15,28H,2,14H2,1H3,(H,26,30). The summed E-state index contributed by atoms with van der Waals surface area (Å²) in [6, 6.07) is 19.0. The van der Waals surface area contributed by atoms with Crippen molar-refractivity contribution in [2.24, 2.45) is 0 Å². The minimum atomic E-state index is -3.96. The Labute approximate surface area is 201 Å². The van der Waals surface area contributed by atoms with E-state index in [1.54, 1.807) is 54.6 Å². The number of nitrogens with one attached hydrogen (secondary N) is 2. The van der Waals surface area contributed by atoms with Crippen LogP contribution in [0.2, 0.25) is 5.02 Å². The van der Waals surface area contributed by atoms with Crippen molar-refractivity contribution in [1.29, 1.82) is 0 Å². The Morgan fingerprint density at radius 3 is 2.44 bits per heavy atom. The van der Waals surface area contributed by atoms with Crippen molar-refractivity contribution in [2.75, 3.05) is 10.0 Å². The highest BCUT2D eigenvalue weighted by atomic mass is 35.5. The fourth-order valence-electron chi connectivity index (χ4n) is 3.45. The molecule has 0 unspecified atom stereocenters. The van der Waals surface area contributed by atoms with Gasteiger partial charge in [-0.25, -0.2) is 13.1 Å². The van der Waals surface area contributed by atoms with Gasteiger partial charge in [0.2, 0.25) is 0 Å². The van der Waals surface area contributed by atoms with Gasteiger partial charge in [0.25, 0.3) is 21.5 Å². The van der Waals surface area contributed by atoms with Crippen molar-refractivity contribution in [3.8, 4) is 0 Å². The number of fused-ring (bicyclic) bond motifs is 1. The van der Waals surface area contributed by atoms with Gasteiger partial charge >= 0.3 is 0 Å². The number of hydrogen-bond acceptors (Lipinski definition) is 5. The van der Waals surface area contributed by atoms with E-state index in [0.29, 0.717) is 23.7 Å². The number of anilines is 2. The SMILES string of the molecule is CCCn1nc(C(=O)Nc2cccc(S(=O)(=O)Nc3ccccc3Cl)c2)c2ccccc2c1=O. The van der Waals surface area contributed by atoms with E-state index in [1.165, 1.54) is 22.9 Å². The van der Waals surface area contributed by atoms with Gasteiger partial charge in [-0.3, -0.25) is 14.3 Å². The average molecular weight is 497 g/mol. The van der Waals surface area contributed by atoms with E-state index < -0.39 is 15.9 Å². The van der Waals surface area contributed by atoms with Gasteiger partial charge in [0.1, 0.15) is 0 Å². The molecule has 4 rings (SSSR count). The number of carbonyl (C=O) groups excluding carboxylic acids is 1. The summed E-state index contributed by atoms with van der Waals surface area (Å²) < 4.78 is 29.4. The molecule has 8 nitrogen and oxygen atoms in total. The highest BCUT2D eigenvalue weighted by Gasteiger charge is 2.19. The third-order valence-electron chi connectivity index (χ3n) is 5.04. The fraction of sp³-hybridized carbons (Fsp3) is 0.125. The lowest BCUT2D eigenvalue weighted by molar-refractivity contribution is 0.102. The van der Waals surface area contributed by atoms with Crippen LogP contribution in [0.4, 0.5) is 11.4 Å². The van der Waals surface area contributed by atoms with Crippen LogP contribution < -0.4 is 15.6 Å². The summed E-state index contributed by atoms with van der Waals surface area (Å²) in [5.41, 5.74) is 0.303. The number of carbonyl (C=O) groups is 1. The Hall–Kier alpha value is -3.69. The molecule has 0 fully saturated rings. The minimum absolute atomic E-state index is 0.0565. The largest absolute Gasteiger partial charge is 0.321 e. The van der Waals surface area contributed by atoms with Crippen LogP contribution in [0.15, 0.2) is 82.5 Å². The molecular formula is C24H21ClN4O4S. The van der Waals surface area contributed by atoms with Crippen molar-refractivity contribution < 1.29 is 13.2 Å². The summed E-state index contributed by atoms with van der Waals surface area (Å²) in [5, 5.41) is 8.03. The number of sulfonamides is 1. The molecule has 0 radical (unpaired) electrons. The van der Waals surface area contributed by atoms with Crippen molar-refractivity contribution >= 4 is 49.7 Å². The van der Waals surface area contributed by atoms with E-state index in [4.69, 9.17) is 11.6 Å². The third-order valence-corrected chi connectivity index (χ3v) is 6.73. The van der Waals surface area contributed by atoms with Crippen LogP contribution in [0.5, 0.6) is 0 Å². The molecule has 0 aliphatic heterocycles. The van der Waals surface area contributed by atoms with E-state index in [9.17, 15) is 18.0 Å². The van der Waals surface area contributed by atoms with Crippen LogP contribution >= 0.6 is 11.6 Å². The zero-order valence-electron chi connectivity index (χ0n) is 18.2. The molecule has 34 heavy (non-hydrogen) atoms. The van der Waals surface area contributed by atoms with Gasteiger partial charge in [0.05, 0.1) is 21.0 Å². The lowest BCUT2D eigenvalue weighted by Gasteiger charge is -2.12. The van der Waals surface area contributed by atoms with Crippen molar-refractivity contribution in [1.82, 2.24) is 9.78 Å². The van der Waals surface area contributed by atoms with Gasteiger partial charge in [-0.1, -0.05) is 54.9 Å². The fourth-order valence-corrected chi connectivity index (χ4v) is 4.81. The van der Waals surface area contributed by atoms with E-state index in [-0.39, 0.29) is 32.5 Å². The molecule has 0 aliphatic rings. The van der Waals surface area contributed by atoms with Crippen molar-refractivity contribution in [3.63, 3.8) is 0 Å². The van der Waals surface area contributed by atoms with Crippen LogP contribution in [0, 0.1) is 0 Å². The van der Waals surface area contributed by atoms with E-state index in [1.807, 2.05) is 6.92 Å².